The Morgan fingerprint density at radius 2 is 1.72 bits per heavy atom. The number of rotatable bonds is 6. The van der Waals surface area contributed by atoms with E-state index in [9.17, 15) is 4.79 Å². The van der Waals surface area contributed by atoms with E-state index in [2.05, 4.69) is 38.3 Å². The minimum Gasteiger partial charge on any atom is -0.444 e. The molecule has 1 unspecified atom stereocenters. The average molecular weight is 258 g/mol. The van der Waals surface area contributed by atoms with E-state index in [1.807, 2.05) is 20.8 Å². The molecule has 0 aromatic rings. The van der Waals surface area contributed by atoms with Crippen molar-refractivity contribution in [3.05, 3.63) is 0 Å². The fourth-order valence-electron chi connectivity index (χ4n) is 1.77. The molecule has 0 aliphatic rings. The quantitative estimate of drug-likeness (QED) is 0.770. The molecular weight excluding hydrogens is 228 g/mol. The Hall–Kier alpha value is -0.770. The predicted molar refractivity (Wildman–Crippen MR) is 75.8 cm³/mol. The van der Waals surface area contributed by atoms with Crippen LogP contribution in [0.5, 0.6) is 0 Å². The number of hydrogen-bond donors (Lipinski definition) is 2. The minimum absolute atomic E-state index is 0.289. The molecule has 0 fully saturated rings. The summed E-state index contributed by atoms with van der Waals surface area (Å²) in [6, 6.07) is 0.701. The molecule has 2 N–H and O–H groups in total. The zero-order valence-corrected chi connectivity index (χ0v) is 13.0. The Kier molecular flexibility index (Phi) is 7.29. The molecule has 0 rings (SSSR count). The molecule has 1 atom stereocenters. The van der Waals surface area contributed by atoms with Crippen LogP contribution >= 0.6 is 0 Å². The first-order valence-electron chi connectivity index (χ1n) is 6.83. The lowest BCUT2D eigenvalue weighted by atomic mass is 10.0. The normalized spacial score (nSPS) is 13.8. The van der Waals surface area contributed by atoms with Gasteiger partial charge in [0.2, 0.25) is 0 Å². The zero-order chi connectivity index (χ0) is 14.3. The van der Waals surface area contributed by atoms with Gasteiger partial charge in [-0.1, -0.05) is 27.7 Å². The second-order valence-electron chi connectivity index (χ2n) is 6.53. The Morgan fingerprint density at radius 1 is 1.17 bits per heavy atom. The smallest absolute Gasteiger partial charge is 0.407 e. The van der Waals surface area contributed by atoms with Crippen molar-refractivity contribution < 1.29 is 9.53 Å². The van der Waals surface area contributed by atoms with Crippen molar-refractivity contribution in [3.8, 4) is 0 Å². The van der Waals surface area contributed by atoms with Crippen molar-refractivity contribution in [1.82, 2.24) is 10.6 Å². The lowest BCUT2D eigenvalue weighted by molar-refractivity contribution is 0.0520. The van der Waals surface area contributed by atoms with Crippen LogP contribution in [0, 0.1) is 5.92 Å². The maximum atomic E-state index is 11.6. The molecule has 0 spiro atoms. The number of nitrogens with one attached hydrogen (secondary N) is 2. The maximum Gasteiger partial charge on any atom is 0.407 e. The van der Waals surface area contributed by atoms with Crippen molar-refractivity contribution in [3.63, 3.8) is 0 Å². The lowest BCUT2D eigenvalue weighted by Gasteiger charge is -2.25. The standard InChI is InChI=1S/C14H30N2O2/c1-10(2)8-12(16-11(3)4)9-15-13(17)18-14(5,6)7/h10-12,16H,8-9H2,1-7H3,(H,15,17). The highest BCUT2D eigenvalue weighted by atomic mass is 16.6. The molecule has 0 aromatic heterocycles. The molecular formula is C14H30N2O2. The number of alkyl carbamates (subject to hydrolysis) is 1. The van der Waals surface area contributed by atoms with Crippen molar-refractivity contribution >= 4 is 6.09 Å². The first-order valence-corrected chi connectivity index (χ1v) is 6.83. The average Bonchev–Trinajstić information content (AvgIpc) is 2.09. The molecule has 0 radical (unpaired) electrons. The van der Waals surface area contributed by atoms with Crippen molar-refractivity contribution in [2.75, 3.05) is 6.54 Å². The summed E-state index contributed by atoms with van der Waals surface area (Å²) >= 11 is 0. The lowest BCUT2D eigenvalue weighted by Crippen LogP contribution is -2.45. The molecule has 0 heterocycles. The third-order valence-corrected chi connectivity index (χ3v) is 2.22. The summed E-state index contributed by atoms with van der Waals surface area (Å²) < 4.78 is 5.22. The van der Waals surface area contributed by atoms with Crippen LogP contribution in [0.4, 0.5) is 4.79 Å². The summed E-state index contributed by atoms with van der Waals surface area (Å²) in [7, 11) is 0. The van der Waals surface area contributed by atoms with Crippen LogP contribution in [-0.4, -0.2) is 30.3 Å². The molecule has 4 heteroatoms. The van der Waals surface area contributed by atoms with E-state index in [1.165, 1.54) is 0 Å². The molecule has 108 valence electrons. The Bertz CT molecular complexity index is 235. The van der Waals surface area contributed by atoms with E-state index in [0.717, 1.165) is 6.42 Å². The van der Waals surface area contributed by atoms with Gasteiger partial charge in [0.05, 0.1) is 0 Å². The third kappa shape index (κ3) is 10.4. The monoisotopic (exact) mass is 258 g/mol. The van der Waals surface area contributed by atoms with E-state index in [-0.39, 0.29) is 12.1 Å². The van der Waals surface area contributed by atoms with Gasteiger partial charge in [-0.15, -0.1) is 0 Å². The zero-order valence-electron chi connectivity index (χ0n) is 13.0. The van der Waals surface area contributed by atoms with Gasteiger partial charge in [0.25, 0.3) is 0 Å². The summed E-state index contributed by atoms with van der Waals surface area (Å²) in [5.41, 5.74) is -0.441. The molecule has 0 aliphatic carbocycles. The Balaban J connectivity index is 4.13. The highest BCUT2D eigenvalue weighted by Crippen LogP contribution is 2.08. The second kappa shape index (κ2) is 7.62. The topological polar surface area (TPSA) is 50.4 Å². The SMILES string of the molecule is CC(C)CC(CNC(=O)OC(C)(C)C)NC(C)C. The van der Waals surface area contributed by atoms with Crippen LogP contribution in [0.25, 0.3) is 0 Å². The Labute approximate surface area is 112 Å². The van der Waals surface area contributed by atoms with Gasteiger partial charge in [-0.2, -0.15) is 0 Å². The fraction of sp³-hybridized carbons (Fsp3) is 0.929. The third-order valence-electron chi connectivity index (χ3n) is 2.22. The highest BCUT2D eigenvalue weighted by molar-refractivity contribution is 5.67. The van der Waals surface area contributed by atoms with E-state index in [4.69, 9.17) is 4.74 Å². The number of ether oxygens (including phenoxy) is 1. The van der Waals surface area contributed by atoms with Crippen LogP contribution in [0.15, 0.2) is 0 Å². The summed E-state index contributed by atoms with van der Waals surface area (Å²) in [4.78, 5) is 11.6. The molecule has 0 aromatic carbocycles. The number of carbonyl (C=O) groups is 1. The molecule has 0 aliphatic heterocycles. The number of hydrogen-bond acceptors (Lipinski definition) is 3. The van der Waals surface area contributed by atoms with Crippen LogP contribution in [0.3, 0.4) is 0 Å². The van der Waals surface area contributed by atoms with E-state index < -0.39 is 5.60 Å². The number of amides is 1. The van der Waals surface area contributed by atoms with Crippen molar-refractivity contribution in [1.29, 1.82) is 0 Å². The highest BCUT2D eigenvalue weighted by Gasteiger charge is 2.18. The van der Waals surface area contributed by atoms with Crippen molar-refractivity contribution in [2.45, 2.75) is 72.6 Å². The van der Waals surface area contributed by atoms with E-state index in [0.29, 0.717) is 18.5 Å². The van der Waals surface area contributed by atoms with Gasteiger partial charge in [0.15, 0.2) is 0 Å². The summed E-state index contributed by atoms with van der Waals surface area (Å²) in [5, 5.41) is 6.29. The van der Waals surface area contributed by atoms with Crippen LogP contribution in [-0.2, 0) is 4.74 Å². The largest absolute Gasteiger partial charge is 0.444 e. The van der Waals surface area contributed by atoms with Gasteiger partial charge >= 0.3 is 6.09 Å². The molecule has 0 bridgehead atoms. The number of carbonyl (C=O) groups excluding carboxylic acids is 1. The van der Waals surface area contributed by atoms with Gasteiger partial charge in [-0.3, -0.25) is 0 Å². The Morgan fingerprint density at radius 3 is 2.11 bits per heavy atom. The van der Waals surface area contributed by atoms with E-state index in [1.54, 1.807) is 0 Å². The fourth-order valence-corrected chi connectivity index (χ4v) is 1.77. The molecule has 0 saturated carbocycles. The predicted octanol–water partition coefficient (Wildman–Crippen LogP) is 2.92. The minimum atomic E-state index is -0.441. The molecule has 18 heavy (non-hydrogen) atoms. The molecule has 4 nitrogen and oxygen atoms in total. The second-order valence-corrected chi connectivity index (χ2v) is 6.53. The van der Waals surface area contributed by atoms with Crippen LogP contribution in [0.1, 0.15) is 54.9 Å². The summed E-state index contributed by atoms with van der Waals surface area (Å²) in [6.07, 6.45) is 0.690. The van der Waals surface area contributed by atoms with Gasteiger partial charge in [0.1, 0.15) is 5.60 Å². The van der Waals surface area contributed by atoms with E-state index >= 15 is 0 Å². The molecule has 0 saturated heterocycles. The first-order chi connectivity index (χ1) is 8.10. The summed E-state index contributed by atoms with van der Waals surface area (Å²) in [5.74, 6) is 0.599. The van der Waals surface area contributed by atoms with Crippen LogP contribution in [0.2, 0.25) is 0 Å². The summed E-state index contributed by atoms with van der Waals surface area (Å²) in [6.45, 7) is 14.8. The van der Waals surface area contributed by atoms with Gasteiger partial charge in [-0.25, -0.2) is 4.79 Å². The first kappa shape index (κ1) is 17.2. The van der Waals surface area contributed by atoms with Crippen LogP contribution < -0.4 is 10.6 Å². The van der Waals surface area contributed by atoms with Gasteiger partial charge < -0.3 is 15.4 Å². The van der Waals surface area contributed by atoms with Gasteiger partial charge in [0, 0.05) is 18.6 Å². The maximum absolute atomic E-state index is 11.6. The van der Waals surface area contributed by atoms with Crippen molar-refractivity contribution in [2.24, 2.45) is 5.92 Å². The van der Waals surface area contributed by atoms with Gasteiger partial charge in [-0.05, 0) is 33.1 Å². The molecule has 1 amide bonds.